The van der Waals surface area contributed by atoms with Crippen molar-refractivity contribution in [1.82, 2.24) is 5.32 Å². The van der Waals surface area contributed by atoms with Gasteiger partial charge in [-0.3, -0.25) is 4.79 Å². The molecule has 0 bridgehead atoms. The normalized spacial score (nSPS) is 11.4. The summed E-state index contributed by atoms with van der Waals surface area (Å²) in [6.45, 7) is 2.47. The number of ether oxygens (including phenoxy) is 3. The number of benzene rings is 3. The van der Waals surface area contributed by atoms with Gasteiger partial charge in [-0.2, -0.15) is 0 Å². The van der Waals surface area contributed by atoms with Gasteiger partial charge in [0.15, 0.2) is 6.10 Å². The van der Waals surface area contributed by atoms with E-state index in [-0.39, 0.29) is 5.91 Å². The Morgan fingerprint density at radius 2 is 1.55 bits per heavy atom. The number of carbonyl (C=O) groups excluding carboxylic acids is 1. The standard InChI is InChI=1S/C24H25NO4/c1-18(29-21-14-12-20(27-2)13-15-21)24(26)25-16-17-28-23-11-7-6-10-22(23)19-8-4-3-5-9-19/h3-15,18H,16-17H2,1-2H3,(H,25,26). The molecule has 0 aromatic heterocycles. The minimum atomic E-state index is -0.611. The zero-order valence-corrected chi connectivity index (χ0v) is 16.6. The first-order chi connectivity index (χ1) is 14.2. The molecule has 1 amide bonds. The van der Waals surface area contributed by atoms with E-state index in [9.17, 15) is 4.79 Å². The first-order valence-corrected chi connectivity index (χ1v) is 9.53. The van der Waals surface area contributed by atoms with Gasteiger partial charge in [-0.1, -0.05) is 48.5 Å². The van der Waals surface area contributed by atoms with E-state index < -0.39 is 6.10 Å². The molecule has 150 valence electrons. The molecule has 5 nitrogen and oxygen atoms in total. The molecule has 0 fully saturated rings. The Labute approximate surface area is 171 Å². The van der Waals surface area contributed by atoms with Gasteiger partial charge in [-0.15, -0.1) is 0 Å². The van der Waals surface area contributed by atoms with Crippen LogP contribution in [0.1, 0.15) is 6.92 Å². The van der Waals surface area contributed by atoms with Crippen molar-refractivity contribution in [2.75, 3.05) is 20.3 Å². The number of nitrogens with one attached hydrogen (secondary N) is 1. The Kier molecular flexibility index (Phi) is 7.11. The van der Waals surface area contributed by atoms with Crippen LogP contribution in [0, 0.1) is 0 Å². The number of amides is 1. The van der Waals surface area contributed by atoms with E-state index in [0.717, 1.165) is 22.6 Å². The Balaban J connectivity index is 1.47. The van der Waals surface area contributed by atoms with Crippen molar-refractivity contribution in [1.29, 1.82) is 0 Å². The van der Waals surface area contributed by atoms with Crippen LogP contribution in [0.15, 0.2) is 78.9 Å². The first-order valence-electron chi connectivity index (χ1n) is 9.53. The van der Waals surface area contributed by atoms with Gasteiger partial charge < -0.3 is 19.5 Å². The maximum atomic E-state index is 12.3. The minimum absolute atomic E-state index is 0.194. The van der Waals surface area contributed by atoms with E-state index in [4.69, 9.17) is 14.2 Å². The molecular weight excluding hydrogens is 366 g/mol. The second kappa shape index (κ2) is 10.2. The third kappa shape index (κ3) is 5.75. The number of carbonyl (C=O) groups is 1. The van der Waals surface area contributed by atoms with Crippen LogP contribution in [0.5, 0.6) is 17.2 Å². The highest BCUT2D eigenvalue weighted by atomic mass is 16.5. The maximum absolute atomic E-state index is 12.3. The molecule has 0 saturated heterocycles. The van der Waals surface area contributed by atoms with Crippen LogP contribution < -0.4 is 19.5 Å². The molecule has 5 heteroatoms. The third-order valence-corrected chi connectivity index (χ3v) is 4.37. The van der Waals surface area contributed by atoms with Gasteiger partial charge in [0.1, 0.15) is 23.9 Å². The number of hydrogen-bond acceptors (Lipinski definition) is 4. The summed E-state index contributed by atoms with van der Waals surface area (Å²) in [5, 5.41) is 2.84. The molecule has 0 spiro atoms. The molecule has 1 unspecified atom stereocenters. The van der Waals surface area contributed by atoms with E-state index in [1.807, 2.05) is 54.6 Å². The van der Waals surface area contributed by atoms with Gasteiger partial charge in [0.2, 0.25) is 0 Å². The number of rotatable bonds is 9. The maximum Gasteiger partial charge on any atom is 0.260 e. The molecule has 0 aliphatic carbocycles. The van der Waals surface area contributed by atoms with Gasteiger partial charge >= 0.3 is 0 Å². The van der Waals surface area contributed by atoms with Crippen molar-refractivity contribution in [3.8, 4) is 28.4 Å². The van der Waals surface area contributed by atoms with Crippen LogP contribution in [-0.4, -0.2) is 32.3 Å². The average molecular weight is 391 g/mol. The Bertz CT molecular complexity index is 910. The Morgan fingerprint density at radius 1 is 0.897 bits per heavy atom. The van der Waals surface area contributed by atoms with E-state index in [2.05, 4.69) is 5.32 Å². The van der Waals surface area contributed by atoms with E-state index >= 15 is 0 Å². The van der Waals surface area contributed by atoms with Crippen LogP contribution in [-0.2, 0) is 4.79 Å². The molecule has 29 heavy (non-hydrogen) atoms. The smallest absolute Gasteiger partial charge is 0.260 e. The molecule has 0 aliphatic rings. The molecule has 3 rings (SSSR count). The quantitative estimate of drug-likeness (QED) is 0.552. The van der Waals surface area contributed by atoms with Crippen LogP contribution in [0.4, 0.5) is 0 Å². The molecule has 3 aromatic rings. The SMILES string of the molecule is COc1ccc(OC(C)C(=O)NCCOc2ccccc2-c2ccccc2)cc1. The molecule has 3 aromatic carbocycles. The second-order valence-corrected chi connectivity index (χ2v) is 6.44. The van der Waals surface area contributed by atoms with Gasteiger partial charge in [0.05, 0.1) is 13.7 Å². The monoisotopic (exact) mass is 391 g/mol. The summed E-state index contributed by atoms with van der Waals surface area (Å²) in [5.74, 6) is 1.94. The molecule has 1 atom stereocenters. The van der Waals surface area contributed by atoms with Crippen molar-refractivity contribution in [2.24, 2.45) is 0 Å². The van der Waals surface area contributed by atoms with E-state index in [1.165, 1.54) is 0 Å². The molecular formula is C24H25NO4. The zero-order valence-electron chi connectivity index (χ0n) is 16.6. The summed E-state index contributed by atoms with van der Waals surface area (Å²) < 4.78 is 16.7. The van der Waals surface area contributed by atoms with Gasteiger partial charge in [-0.25, -0.2) is 0 Å². The average Bonchev–Trinajstić information content (AvgIpc) is 2.78. The van der Waals surface area contributed by atoms with Crippen LogP contribution >= 0.6 is 0 Å². The van der Waals surface area contributed by atoms with Crippen molar-refractivity contribution in [3.63, 3.8) is 0 Å². The highest BCUT2D eigenvalue weighted by Gasteiger charge is 2.14. The van der Waals surface area contributed by atoms with Crippen molar-refractivity contribution in [3.05, 3.63) is 78.9 Å². The second-order valence-electron chi connectivity index (χ2n) is 6.44. The Hall–Kier alpha value is -3.47. The molecule has 0 aliphatic heterocycles. The lowest BCUT2D eigenvalue weighted by Crippen LogP contribution is -2.38. The summed E-state index contributed by atoms with van der Waals surface area (Å²) in [7, 11) is 1.60. The molecule has 0 radical (unpaired) electrons. The van der Waals surface area contributed by atoms with Gasteiger partial charge in [-0.05, 0) is 42.8 Å². The van der Waals surface area contributed by atoms with E-state index in [0.29, 0.717) is 18.9 Å². The fourth-order valence-electron chi connectivity index (χ4n) is 2.84. The summed E-state index contributed by atoms with van der Waals surface area (Å²) in [5.41, 5.74) is 2.12. The minimum Gasteiger partial charge on any atom is -0.497 e. The van der Waals surface area contributed by atoms with Gasteiger partial charge in [0, 0.05) is 5.56 Å². The van der Waals surface area contributed by atoms with Crippen LogP contribution in [0.25, 0.3) is 11.1 Å². The van der Waals surface area contributed by atoms with Crippen molar-refractivity contribution < 1.29 is 19.0 Å². The highest BCUT2D eigenvalue weighted by Crippen LogP contribution is 2.29. The predicted octanol–water partition coefficient (Wildman–Crippen LogP) is 4.32. The lowest BCUT2D eigenvalue weighted by Gasteiger charge is -2.16. The Morgan fingerprint density at radius 3 is 2.28 bits per heavy atom. The third-order valence-electron chi connectivity index (χ3n) is 4.37. The largest absolute Gasteiger partial charge is 0.497 e. The first kappa shape index (κ1) is 20.3. The lowest BCUT2D eigenvalue weighted by molar-refractivity contribution is -0.127. The fourth-order valence-corrected chi connectivity index (χ4v) is 2.84. The summed E-state index contributed by atoms with van der Waals surface area (Å²) >= 11 is 0. The van der Waals surface area contributed by atoms with Crippen LogP contribution in [0.3, 0.4) is 0 Å². The lowest BCUT2D eigenvalue weighted by atomic mass is 10.1. The van der Waals surface area contributed by atoms with E-state index in [1.54, 1.807) is 38.3 Å². The highest BCUT2D eigenvalue weighted by molar-refractivity contribution is 5.80. The van der Waals surface area contributed by atoms with Crippen molar-refractivity contribution >= 4 is 5.91 Å². The number of methoxy groups -OCH3 is 1. The summed E-state index contributed by atoms with van der Waals surface area (Å²) in [6, 6.07) is 25.1. The number of hydrogen-bond donors (Lipinski definition) is 1. The summed E-state index contributed by atoms with van der Waals surface area (Å²) in [6.07, 6.45) is -0.611. The topological polar surface area (TPSA) is 56.8 Å². The zero-order chi connectivity index (χ0) is 20.5. The van der Waals surface area contributed by atoms with Crippen molar-refractivity contribution in [2.45, 2.75) is 13.0 Å². The molecule has 0 heterocycles. The number of para-hydroxylation sites is 1. The van der Waals surface area contributed by atoms with Gasteiger partial charge in [0.25, 0.3) is 5.91 Å². The molecule has 0 saturated carbocycles. The summed E-state index contributed by atoms with van der Waals surface area (Å²) in [4.78, 5) is 12.3. The van der Waals surface area contributed by atoms with Crippen LogP contribution in [0.2, 0.25) is 0 Å². The fraction of sp³-hybridized carbons (Fsp3) is 0.208. The molecule has 1 N–H and O–H groups in total. The predicted molar refractivity (Wildman–Crippen MR) is 113 cm³/mol.